The van der Waals surface area contributed by atoms with Gasteiger partial charge in [-0.05, 0) is 206 Å². The van der Waals surface area contributed by atoms with Crippen LogP contribution in [0.25, 0.3) is 11.0 Å². The molecule has 410 valence electrons. The normalized spacial score (nSPS) is 19.4. The second-order valence-corrected chi connectivity index (χ2v) is 35.5. The first kappa shape index (κ1) is 53.1. The van der Waals surface area contributed by atoms with Crippen LogP contribution in [0, 0.1) is 0 Å². The van der Waals surface area contributed by atoms with Crippen molar-refractivity contribution >= 4 is 98.7 Å². The minimum absolute atomic E-state index is 0.00783. The van der Waals surface area contributed by atoms with Crippen LogP contribution in [-0.2, 0) is 32.5 Å². The van der Waals surface area contributed by atoms with E-state index in [9.17, 15) is 0 Å². The van der Waals surface area contributed by atoms with Crippen LogP contribution < -0.4 is 36.5 Å². The molecule has 0 atom stereocenters. The van der Waals surface area contributed by atoms with E-state index in [2.05, 4.69) is 265 Å². The van der Waals surface area contributed by atoms with Crippen molar-refractivity contribution in [2.24, 2.45) is 0 Å². The van der Waals surface area contributed by atoms with Gasteiger partial charge in [0.2, 0.25) is 0 Å². The maximum absolute atomic E-state index is 7.83. The van der Waals surface area contributed by atoms with Crippen LogP contribution in [0.2, 0.25) is 19.6 Å². The van der Waals surface area contributed by atoms with Gasteiger partial charge < -0.3 is 19.1 Å². The van der Waals surface area contributed by atoms with Crippen LogP contribution in [0.3, 0.4) is 0 Å². The Labute approximate surface area is 481 Å². The van der Waals surface area contributed by atoms with Gasteiger partial charge in [-0.15, -0.1) is 0 Å². The number of para-hydroxylation sites is 1. The lowest BCUT2D eigenvalue weighted by molar-refractivity contribution is 0.332. The highest BCUT2D eigenvalue weighted by molar-refractivity contribution is 7.00. The zero-order valence-corrected chi connectivity index (χ0v) is 52.3. The van der Waals surface area contributed by atoms with Crippen LogP contribution in [0.4, 0.5) is 51.2 Å². The average molecular weight is 1070 g/mol. The summed E-state index contributed by atoms with van der Waals surface area (Å²) < 4.78 is 7.83. The maximum Gasteiger partial charge on any atom is 0.297 e. The van der Waals surface area contributed by atoms with Gasteiger partial charge in [-0.2, -0.15) is 0 Å². The van der Waals surface area contributed by atoms with Crippen LogP contribution in [0.1, 0.15) is 180 Å². The van der Waals surface area contributed by atoms with E-state index in [0.29, 0.717) is 5.92 Å². The molecule has 5 aliphatic rings. The molecule has 1 aromatic heterocycles. The van der Waals surface area contributed by atoms with Gasteiger partial charge in [0.05, 0.1) is 25.1 Å². The van der Waals surface area contributed by atoms with Crippen molar-refractivity contribution in [3.8, 4) is 0 Å². The Morgan fingerprint density at radius 1 is 0.463 bits per heavy atom. The van der Waals surface area contributed by atoms with Crippen LogP contribution >= 0.6 is 0 Å². The minimum Gasteiger partial charge on any atom is -0.468 e. The van der Waals surface area contributed by atoms with Gasteiger partial charge in [0.1, 0.15) is 5.58 Å². The molecule has 3 heterocycles. The van der Waals surface area contributed by atoms with Crippen molar-refractivity contribution in [2.45, 2.75) is 194 Å². The highest BCUT2D eigenvalue weighted by atomic mass is 28.3. The van der Waals surface area contributed by atoms with Crippen molar-refractivity contribution in [3.63, 3.8) is 0 Å². The van der Waals surface area contributed by atoms with Crippen molar-refractivity contribution in [1.29, 1.82) is 0 Å². The molecule has 0 radical (unpaired) electrons. The van der Waals surface area contributed by atoms with E-state index in [0.717, 1.165) is 66.1 Å². The molecule has 80 heavy (non-hydrogen) atoms. The lowest BCUT2D eigenvalue weighted by Gasteiger charge is -2.47. The van der Waals surface area contributed by atoms with Gasteiger partial charge >= 0.3 is 0 Å². The molecule has 7 aromatic carbocycles. The summed E-state index contributed by atoms with van der Waals surface area (Å²) in [5.74, 6) is 0.400. The Hall–Kier alpha value is -6.24. The predicted molar refractivity (Wildman–Crippen MR) is 348 cm³/mol. The lowest BCUT2D eigenvalue weighted by Crippen LogP contribution is -2.61. The highest BCUT2D eigenvalue weighted by Crippen LogP contribution is 2.56. The van der Waals surface area contributed by atoms with E-state index in [1.165, 1.54) is 95.3 Å². The van der Waals surface area contributed by atoms with Gasteiger partial charge in [-0.25, -0.2) is 0 Å². The first-order chi connectivity index (χ1) is 37.6. The van der Waals surface area contributed by atoms with E-state index in [4.69, 9.17) is 4.42 Å². The van der Waals surface area contributed by atoms with E-state index < -0.39 is 8.07 Å². The molecule has 0 bridgehead atoms. The summed E-state index contributed by atoms with van der Waals surface area (Å²) in [7, 11) is -1.60. The Morgan fingerprint density at radius 2 is 0.950 bits per heavy atom. The van der Waals surface area contributed by atoms with Crippen LogP contribution in [0.15, 0.2) is 138 Å². The Balaban J connectivity index is 1.20. The molecular formula is C74H86BN3OSi. The quantitative estimate of drug-likeness (QED) is 0.148. The first-order valence-electron chi connectivity index (χ1n) is 30.4. The monoisotopic (exact) mass is 1070 g/mol. The van der Waals surface area contributed by atoms with Gasteiger partial charge in [-0.1, -0.05) is 176 Å². The molecule has 3 aliphatic carbocycles. The van der Waals surface area contributed by atoms with Gasteiger partial charge in [0, 0.05) is 45.2 Å². The summed E-state index contributed by atoms with van der Waals surface area (Å²) in [6, 6.07) is 53.2. The number of hydrogen-bond donors (Lipinski definition) is 0. The van der Waals surface area contributed by atoms with Crippen molar-refractivity contribution in [3.05, 3.63) is 172 Å². The number of furan rings is 1. The number of benzene rings is 7. The number of nitrogens with zero attached hydrogens (tertiary/aromatic N) is 3. The molecule has 6 heteroatoms. The van der Waals surface area contributed by atoms with Crippen LogP contribution in [-0.4, -0.2) is 14.8 Å². The molecule has 13 rings (SSSR count). The van der Waals surface area contributed by atoms with Gasteiger partial charge in [0.15, 0.2) is 0 Å². The Morgan fingerprint density at radius 3 is 1.51 bits per heavy atom. The molecule has 0 saturated carbocycles. The fourth-order valence-corrected chi connectivity index (χ4v) is 16.3. The largest absolute Gasteiger partial charge is 0.468 e. The Kier molecular flexibility index (Phi) is 11.7. The second-order valence-electron chi connectivity index (χ2n) is 30.4. The average Bonchev–Trinajstić information content (AvgIpc) is 1.66. The highest BCUT2D eigenvalue weighted by Gasteiger charge is 2.51. The number of fused-ring (bicyclic) bond motifs is 9. The predicted octanol–water partition coefficient (Wildman–Crippen LogP) is 18.7. The summed E-state index contributed by atoms with van der Waals surface area (Å²) in [4.78, 5) is 7.86. The molecule has 0 saturated heterocycles. The smallest absolute Gasteiger partial charge is 0.297 e. The summed E-state index contributed by atoms with van der Waals surface area (Å²) >= 11 is 0. The summed E-state index contributed by atoms with van der Waals surface area (Å²) in [6.45, 7) is 41.4. The summed E-state index contributed by atoms with van der Waals surface area (Å²) in [5, 5.41) is 2.65. The maximum atomic E-state index is 7.83. The lowest BCUT2D eigenvalue weighted by atomic mass is 9.35. The standard InChI is InChI=1S/C74H86BN3OSi/c1-46(2)47-23-25-50(26-24-47)78-64-41-52(76(48-21-19-18-20-22-48)49-27-30-53(31-28-49)80(15,16)17)40-63-66(64)75(68-67(78)54-42-57-60(45-65(54)79-68)74(13,14)38-35-71(57,7)8)61-43-58-59(73(11,12)37-36-72(58,9)10)44-62(61)77(63)51-29-32-55-56(39-51)70(5,6)34-33-69(55,3)4/h18-32,39-46H,33-38H2,1-17H3. The second kappa shape index (κ2) is 17.6. The van der Waals surface area contributed by atoms with Crippen molar-refractivity contribution < 1.29 is 4.42 Å². The number of anilines is 9. The Bertz CT molecular complexity index is 3810. The topological polar surface area (TPSA) is 22.9 Å². The fourth-order valence-electron chi connectivity index (χ4n) is 15.1. The molecular weight excluding hydrogens is 986 g/mol. The zero-order valence-electron chi connectivity index (χ0n) is 51.3. The molecule has 0 N–H and O–H groups in total. The van der Waals surface area contributed by atoms with Gasteiger partial charge in [-0.3, -0.25) is 0 Å². The van der Waals surface area contributed by atoms with Crippen molar-refractivity contribution in [1.82, 2.24) is 0 Å². The minimum atomic E-state index is -1.60. The molecule has 0 fully saturated rings. The third kappa shape index (κ3) is 8.17. The molecule has 0 spiro atoms. The van der Waals surface area contributed by atoms with E-state index >= 15 is 0 Å². The molecule has 4 nitrogen and oxygen atoms in total. The fraction of sp³-hybridized carbons (Fsp3) is 0.405. The summed E-state index contributed by atoms with van der Waals surface area (Å²) in [6.07, 6.45) is 6.89. The van der Waals surface area contributed by atoms with Gasteiger partial charge in [0.25, 0.3) is 6.71 Å². The molecule has 2 aliphatic heterocycles. The number of rotatable bonds is 7. The molecule has 8 aromatic rings. The summed E-state index contributed by atoms with van der Waals surface area (Å²) in [5.41, 5.74) is 25.4. The third-order valence-electron chi connectivity index (χ3n) is 20.8. The number of hydrogen-bond acceptors (Lipinski definition) is 4. The van der Waals surface area contributed by atoms with Crippen molar-refractivity contribution in [2.75, 3.05) is 14.7 Å². The molecule has 0 amide bonds. The third-order valence-corrected chi connectivity index (χ3v) is 22.8. The van der Waals surface area contributed by atoms with E-state index in [1.54, 1.807) is 0 Å². The molecule has 0 unspecified atom stereocenters. The van der Waals surface area contributed by atoms with E-state index in [-0.39, 0.29) is 39.2 Å². The first-order valence-corrected chi connectivity index (χ1v) is 33.9. The zero-order chi connectivity index (χ0) is 56.6. The van der Waals surface area contributed by atoms with E-state index in [1.807, 2.05) is 0 Å². The van der Waals surface area contributed by atoms with Crippen LogP contribution in [0.5, 0.6) is 0 Å². The SMILES string of the molecule is CC(C)c1ccc(N2c3cc(N(c4ccccc4)c4ccc([Si](C)(C)C)cc4)cc4c3B(c3cc5c(cc3N4c3ccc4c(c3)C(C)(C)CCC4(C)C)C(C)(C)CCC5(C)C)c3oc4cc5c(cc4c32)C(C)(C)CCC5(C)C)cc1.